The molecule has 35 heavy (non-hydrogen) atoms. The summed E-state index contributed by atoms with van der Waals surface area (Å²) in [4.78, 5) is 11.8. The lowest BCUT2D eigenvalue weighted by atomic mass is 9.85. The lowest BCUT2D eigenvalue weighted by molar-refractivity contribution is -0.00963. The average Bonchev–Trinajstić information content (AvgIpc) is 2.82. The Hall–Kier alpha value is -2.73. The van der Waals surface area contributed by atoms with Crippen LogP contribution in [-0.2, 0) is 15.6 Å². The lowest BCUT2D eigenvalue weighted by Crippen LogP contribution is -2.45. The van der Waals surface area contributed by atoms with Gasteiger partial charge >= 0.3 is 0 Å². The van der Waals surface area contributed by atoms with Gasteiger partial charge in [-0.15, -0.1) is 0 Å². The van der Waals surface area contributed by atoms with Crippen molar-refractivity contribution in [2.24, 2.45) is 0 Å². The van der Waals surface area contributed by atoms with E-state index in [9.17, 15) is 31.5 Å². The van der Waals surface area contributed by atoms with E-state index in [-0.39, 0.29) is 36.1 Å². The minimum atomic E-state index is -4.44. The zero-order valence-corrected chi connectivity index (χ0v) is 20.5. The third kappa shape index (κ3) is 5.13. The molecule has 0 radical (unpaired) electrons. The zero-order valence-electron chi connectivity index (χ0n) is 18.1. The zero-order chi connectivity index (χ0) is 25.4. The maximum absolute atomic E-state index is 14.6. The number of anilines is 1. The molecule has 0 saturated carbocycles. The molecule has 1 aliphatic rings. The van der Waals surface area contributed by atoms with E-state index in [1.165, 1.54) is 12.1 Å². The number of amides is 1. The predicted molar refractivity (Wildman–Crippen MR) is 127 cm³/mol. The number of halogens is 4. The minimum Gasteiger partial charge on any atom is -0.385 e. The molecule has 0 aromatic heterocycles. The summed E-state index contributed by atoms with van der Waals surface area (Å²) in [5, 5.41) is 13.3. The number of piperidine rings is 1. The van der Waals surface area contributed by atoms with Crippen molar-refractivity contribution >= 4 is 37.5 Å². The topological polar surface area (TPSA) is 86.7 Å². The van der Waals surface area contributed by atoms with E-state index in [1.54, 1.807) is 30.3 Å². The normalized spacial score (nSPS) is 16.1. The summed E-state index contributed by atoms with van der Waals surface area (Å²) in [5.41, 5.74) is -1.16. The molecule has 0 spiro atoms. The molecule has 0 unspecified atom stereocenters. The molecule has 1 saturated heterocycles. The second-order valence-electron chi connectivity index (χ2n) is 8.15. The maximum atomic E-state index is 14.6. The van der Waals surface area contributed by atoms with Gasteiger partial charge in [0.05, 0.1) is 15.6 Å². The molecule has 0 atom stereocenters. The molecule has 0 bridgehead atoms. The third-order valence-electron chi connectivity index (χ3n) is 5.92. The summed E-state index contributed by atoms with van der Waals surface area (Å²) in [7, 11) is -4.44. The Morgan fingerprint density at radius 1 is 0.943 bits per heavy atom. The Labute approximate surface area is 208 Å². The van der Waals surface area contributed by atoms with Gasteiger partial charge < -0.3 is 10.4 Å². The Bertz CT molecular complexity index is 1380. The highest BCUT2D eigenvalue weighted by molar-refractivity contribution is 9.10. The number of benzene rings is 3. The second kappa shape index (κ2) is 9.73. The Morgan fingerprint density at radius 2 is 1.60 bits per heavy atom. The fourth-order valence-corrected chi connectivity index (χ4v) is 5.84. The van der Waals surface area contributed by atoms with Crippen LogP contribution in [0.15, 0.2) is 70.0 Å². The molecular formula is C24H20BrF3N2O4S. The first-order valence-corrected chi connectivity index (χ1v) is 12.8. The van der Waals surface area contributed by atoms with E-state index in [0.717, 1.165) is 10.4 Å². The van der Waals surface area contributed by atoms with Crippen molar-refractivity contribution in [1.29, 1.82) is 0 Å². The maximum Gasteiger partial charge on any atom is 0.258 e. The monoisotopic (exact) mass is 568 g/mol. The minimum absolute atomic E-state index is 0.0544. The van der Waals surface area contributed by atoms with Crippen molar-refractivity contribution in [1.82, 2.24) is 4.31 Å². The number of nitrogens with zero attached hydrogens (tertiary/aromatic N) is 1. The average molecular weight is 569 g/mol. The molecule has 1 amide bonds. The number of hydrogen-bond donors (Lipinski definition) is 2. The highest BCUT2D eigenvalue weighted by Gasteiger charge is 2.39. The van der Waals surface area contributed by atoms with Gasteiger partial charge in [-0.25, -0.2) is 21.6 Å². The van der Waals surface area contributed by atoms with Gasteiger partial charge in [0.2, 0.25) is 10.0 Å². The lowest BCUT2D eigenvalue weighted by Gasteiger charge is -2.37. The van der Waals surface area contributed by atoms with Crippen LogP contribution in [0.2, 0.25) is 0 Å². The van der Waals surface area contributed by atoms with Crippen LogP contribution in [-0.4, -0.2) is 36.8 Å². The molecule has 1 aliphatic heterocycles. The second-order valence-corrected chi connectivity index (χ2v) is 10.9. The van der Waals surface area contributed by atoms with E-state index >= 15 is 0 Å². The quantitative estimate of drug-likeness (QED) is 0.463. The number of hydrogen-bond acceptors (Lipinski definition) is 4. The van der Waals surface area contributed by atoms with Crippen molar-refractivity contribution in [3.8, 4) is 0 Å². The summed E-state index contributed by atoms with van der Waals surface area (Å²) in [5.74, 6) is -4.20. The van der Waals surface area contributed by atoms with Crippen LogP contribution in [0.4, 0.5) is 18.9 Å². The van der Waals surface area contributed by atoms with Gasteiger partial charge in [-0.1, -0.05) is 30.3 Å². The molecular weight excluding hydrogens is 549 g/mol. The van der Waals surface area contributed by atoms with Gasteiger partial charge in [-0.05, 0) is 58.6 Å². The molecule has 184 valence electrons. The van der Waals surface area contributed by atoms with Crippen LogP contribution in [0.1, 0.15) is 28.8 Å². The fraction of sp³-hybridized carbons (Fsp3) is 0.208. The van der Waals surface area contributed by atoms with Crippen LogP contribution in [0.5, 0.6) is 0 Å². The first kappa shape index (κ1) is 25.4. The number of carbonyl (C=O) groups excluding carboxylic acids is 1. The van der Waals surface area contributed by atoms with Crippen molar-refractivity contribution in [2.75, 3.05) is 18.4 Å². The number of nitrogens with one attached hydrogen (secondary N) is 1. The van der Waals surface area contributed by atoms with Gasteiger partial charge in [-0.2, -0.15) is 4.31 Å². The Kier molecular flexibility index (Phi) is 7.05. The number of rotatable bonds is 5. The van der Waals surface area contributed by atoms with Crippen LogP contribution in [0.3, 0.4) is 0 Å². The molecule has 11 heteroatoms. The van der Waals surface area contributed by atoms with Gasteiger partial charge in [0.15, 0.2) is 0 Å². The van der Waals surface area contributed by atoms with Gasteiger partial charge in [0.1, 0.15) is 22.3 Å². The number of aliphatic hydroxyl groups is 1. The van der Waals surface area contributed by atoms with Crippen molar-refractivity contribution in [3.05, 3.63) is 93.7 Å². The molecule has 4 rings (SSSR count). The largest absolute Gasteiger partial charge is 0.385 e. The van der Waals surface area contributed by atoms with Gasteiger partial charge in [0, 0.05) is 24.8 Å². The van der Waals surface area contributed by atoms with E-state index in [1.807, 2.05) is 0 Å². The van der Waals surface area contributed by atoms with Crippen LogP contribution >= 0.6 is 15.9 Å². The number of carbonyl (C=O) groups is 1. The van der Waals surface area contributed by atoms with Crippen molar-refractivity contribution in [2.45, 2.75) is 23.3 Å². The molecule has 1 heterocycles. The first-order chi connectivity index (χ1) is 16.5. The third-order valence-corrected chi connectivity index (χ3v) is 8.44. The Morgan fingerprint density at radius 3 is 2.23 bits per heavy atom. The van der Waals surface area contributed by atoms with Crippen LogP contribution in [0.25, 0.3) is 0 Å². The smallest absolute Gasteiger partial charge is 0.258 e. The molecule has 2 N–H and O–H groups in total. The van der Waals surface area contributed by atoms with Crippen LogP contribution < -0.4 is 5.32 Å². The summed E-state index contributed by atoms with van der Waals surface area (Å²) in [6.07, 6.45) is 0.150. The number of sulfonamides is 1. The van der Waals surface area contributed by atoms with Gasteiger partial charge in [-0.3, -0.25) is 4.79 Å². The first-order valence-electron chi connectivity index (χ1n) is 10.5. The molecule has 3 aromatic carbocycles. The van der Waals surface area contributed by atoms with E-state index in [0.29, 0.717) is 17.7 Å². The summed E-state index contributed by atoms with van der Waals surface area (Å²) >= 11 is 2.97. The highest BCUT2D eigenvalue weighted by atomic mass is 79.9. The summed E-state index contributed by atoms with van der Waals surface area (Å²) in [6.45, 7) is -0.203. The van der Waals surface area contributed by atoms with Crippen molar-refractivity contribution in [3.63, 3.8) is 0 Å². The molecule has 3 aromatic rings. The SMILES string of the molecule is O=C(Nc1ccc(F)c(Br)c1)c1cc(S(=O)(=O)N2CCC(O)(c3ccccc3)CC2)c(F)cc1F. The standard InChI is InChI=1S/C24H20BrF3N2O4S/c25-18-12-16(6-7-19(18)26)29-23(31)17-13-22(21(28)14-20(17)27)35(33,34)30-10-8-24(32,9-11-30)15-4-2-1-3-5-15/h1-7,12-14,32H,8-11H2,(H,29,31). The predicted octanol–water partition coefficient (Wildman–Crippen LogP) is 4.79. The van der Waals surface area contributed by atoms with Gasteiger partial charge in [0.25, 0.3) is 5.91 Å². The molecule has 0 aliphatic carbocycles. The van der Waals surface area contributed by atoms with E-state index in [2.05, 4.69) is 21.2 Å². The summed E-state index contributed by atoms with van der Waals surface area (Å²) < 4.78 is 69.9. The molecule has 6 nitrogen and oxygen atoms in total. The fourth-order valence-electron chi connectivity index (χ4n) is 3.95. The van der Waals surface area contributed by atoms with E-state index in [4.69, 9.17) is 0 Å². The van der Waals surface area contributed by atoms with Crippen LogP contribution in [0, 0.1) is 17.5 Å². The van der Waals surface area contributed by atoms with Crippen molar-refractivity contribution < 1.29 is 31.5 Å². The Balaban J connectivity index is 1.58. The van der Waals surface area contributed by atoms with E-state index < -0.39 is 49.4 Å². The summed E-state index contributed by atoms with van der Waals surface area (Å²) in [6, 6.07) is 13.4. The highest BCUT2D eigenvalue weighted by Crippen LogP contribution is 2.35. The molecule has 1 fully saturated rings.